The highest BCUT2D eigenvalue weighted by Gasteiger charge is 2.22. The maximum atomic E-state index is 12.1. The summed E-state index contributed by atoms with van der Waals surface area (Å²) in [4.78, 5) is 24.7. The fraction of sp³-hybridized carbons (Fsp3) is 0.333. The largest absolute Gasteiger partial charge is 0.426 e. The standard InChI is InChI=1S/C18H19NO3S/c20-17(16-7-4-12-23-16)19-14-8-10-15(11-9-14)22-18(21)13-5-2-1-3-6-13/h4,7-13H,1-3,5-6H2,(H,19,20). The van der Waals surface area contributed by atoms with Crippen LogP contribution in [0.25, 0.3) is 0 Å². The predicted molar refractivity (Wildman–Crippen MR) is 90.9 cm³/mol. The summed E-state index contributed by atoms with van der Waals surface area (Å²) >= 11 is 1.40. The van der Waals surface area contributed by atoms with Gasteiger partial charge >= 0.3 is 5.97 Å². The van der Waals surface area contributed by atoms with Crippen molar-refractivity contribution in [1.82, 2.24) is 0 Å². The lowest BCUT2D eigenvalue weighted by molar-refractivity contribution is -0.139. The first-order valence-corrected chi connectivity index (χ1v) is 8.77. The molecule has 1 amide bonds. The van der Waals surface area contributed by atoms with Gasteiger partial charge in [-0.15, -0.1) is 11.3 Å². The molecule has 0 aliphatic heterocycles. The van der Waals surface area contributed by atoms with Crippen molar-refractivity contribution in [3.05, 3.63) is 46.7 Å². The molecule has 1 aromatic heterocycles. The number of anilines is 1. The van der Waals surface area contributed by atoms with Gasteiger partial charge in [-0.2, -0.15) is 0 Å². The SMILES string of the molecule is O=C(Nc1ccc(OC(=O)C2CCCCC2)cc1)c1cccs1. The van der Waals surface area contributed by atoms with Crippen LogP contribution in [0.5, 0.6) is 5.75 Å². The van der Waals surface area contributed by atoms with Gasteiger partial charge in [0.1, 0.15) is 5.75 Å². The normalized spacial score (nSPS) is 15.1. The van der Waals surface area contributed by atoms with Crippen molar-refractivity contribution < 1.29 is 14.3 Å². The van der Waals surface area contributed by atoms with E-state index in [0.29, 0.717) is 16.3 Å². The number of ether oxygens (including phenoxy) is 1. The van der Waals surface area contributed by atoms with Gasteiger partial charge in [0.05, 0.1) is 10.8 Å². The van der Waals surface area contributed by atoms with E-state index >= 15 is 0 Å². The van der Waals surface area contributed by atoms with E-state index in [9.17, 15) is 9.59 Å². The lowest BCUT2D eigenvalue weighted by atomic mass is 9.89. The first-order chi connectivity index (χ1) is 11.2. The number of hydrogen-bond donors (Lipinski definition) is 1. The van der Waals surface area contributed by atoms with Crippen molar-refractivity contribution in [2.24, 2.45) is 5.92 Å². The summed E-state index contributed by atoms with van der Waals surface area (Å²) in [6.07, 6.45) is 5.27. The van der Waals surface area contributed by atoms with Crippen molar-refractivity contribution in [2.45, 2.75) is 32.1 Å². The number of benzene rings is 1. The molecule has 120 valence electrons. The van der Waals surface area contributed by atoms with E-state index < -0.39 is 0 Å². The van der Waals surface area contributed by atoms with Crippen LogP contribution >= 0.6 is 11.3 Å². The van der Waals surface area contributed by atoms with Crippen LogP contribution in [-0.4, -0.2) is 11.9 Å². The predicted octanol–water partition coefficient (Wildman–Crippen LogP) is 4.49. The van der Waals surface area contributed by atoms with Crippen LogP contribution in [0, 0.1) is 5.92 Å². The highest BCUT2D eigenvalue weighted by atomic mass is 32.1. The lowest BCUT2D eigenvalue weighted by Crippen LogP contribution is -2.22. The van der Waals surface area contributed by atoms with Gasteiger partial charge in [-0.3, -0.25) is 9.59 Å². The molecule has 3 rings (SSSR count). The molecular weight excluding hydrogens is 310 g/mol. The quantitative estimate of drug-likeness (QED) is 0.664. The molecule has 1 saturated carbocycles. The average molecular weight is 329 g/mol. The van der Waals surface area contributed by atoms with Crippen LogP contribution in [0.2, 0.25) is 0 Å². The Hall–Kier alpha value is -2.14. The highest BCUT2D eigenvalue weighted by Crippen LogP contribution is 2.26. The lowest BCUT2D eigenvalue weighted by Gasteiger charge is -2.19. The zero-order valence-electron chi connectivity index (χ0n) is 12.8. The second-order valence-corrected chi connectivity index (χ2v) is 6.66. The van der Waals surface area contributed by atoms with Gasteiger partial charge in [0.25, 0.3) is 5.91 Å². The van der Waals surface area contributed by atoms with Gasteiger partial charge < -0.3 is 10.1 Å². The first-order valence-electron chi connectivity index (χ1n) is 7.89. The van der Waals surface area contributed by atoms with E-state index in [0.717, 1.165) is 25.7 Å². The molecular formula is C18H19NO3S. The second kappa shape index (κ2) is 7.42. The summed E-state index contributed by atoms with van der Waals surface area (Å²) < 4.78 is 5.44. The molecule has 0 spiro atoms. The Morgan fingerprint density at radius 2 is 1.78 bits per heavy atom. The van der Waals surface area contributed by atoms with Crippen LogP contribution in [-0.2, 0) is 4.79 Å². The van der Waals surface area contributed by atoms with E-state index in [1.54, 1.807) is 30.3 Å². The van der Waals surface area contributed by atoms with Crippen molar-refractivity contribution in [2.75, 3.05) is 5.32 Å². The monoisotopic (exact) mass is 329 g/mol. The molecule has 0 atom stereocenters. The van der Waals surface area contributed by atoms with E-state index in [4.69, 9.17) is 4.74 Å². The van der Waals surface area contributed by atoms with E-state index in [-0.39, 0.29) is 17.8 Å². The summed E-state index contributed by atoms with van der Waals surface area (Å²) in [5.41, 5.74) is 0.681. The number of carbonyl (C=O) groups excluding carboxylic acids is 2. The minimum absolute atomic E-state index is 0.0296. The van der Waals surface area contributed by atoms with E-state index in [2.05, 4.69) is 5.32 Å². The first kappa shape index (κ1) is 15.7. The second-order valence-electron chi connectivity index (χ2n) is 5.71. The van der Waals surface area contributed by atoms with Crippen molar-refractivity contribution in [1.29, 1.82) is 0 Å². The smallest absolute Gasteiger partial charge is 0.314 e. The van der Waals surface area contributed by atoms with E-state index in [1.165, 1.54) is 17.8 Å². The summed E-state index contributed by atoms with van der Waals surface area (Å²) in [5, 5.41) is 4.68. The Morgan fingerprint density at radius 1 is 1.04 bits per heavy atom. The summed E-state index contributed by atoms with van der Waals surface area (Å²) in [6.45, 7) is 0. The Balaban J connectivity index is 1.56. The maximum Gasteiger partial charge on any atom is 0.314 e. The van der Waals surface area contributed by atoms with Crippen molar-refractivity contribution >= 4 is 28.9 Å². The molecule has 5 heteroatoms. The fourth-order valence-electron chi connectivity index (χ4n) is 2.74. The Morgan fingerprint density at radius 3 is 2.43 bits per heavy atom. The molecule has 1 aliphatic carbocycles. The molecule has 0 saturated heterocycles. The number of nitrogens with one attached hydrogen (secondary N) is 1. The summed E-state index contributed by atoms with van der Waals surface area (Å²) in [5.74, 6) is 0.281. The number of esters is 1. The minimum Gasteiger partial charge on any atom is -0.426 e. The topological polar surface area (TPSA) is 55.4 Å². The molecule has 1 N–H and O–H groups in total. The molecule has 0 bridgehead atoms. The van der Waals surface area contributed by atoms with Crippen LogP contribution in [0.1, 0.15) is 41.8 Å². The minimum atomic E-state index is -0.139. The number of rotatable bonds is 4. The van der Waals surface area contributed by atoms with Gasteiger partial charge in [-0.25, -0.2) is 0 Å². The fourth-order valence-corrected chi connectivity index (χ4v) is 3.36. The van der Waals surface area contributed by atoms with Gasteiger partial charge in [0.15, 0.2) is 0 Å². The number of amides is 1. The number of hydrogen-bond acceptors (Lipinski definition) is 4. The van der Waals surface area contributed by atoms with Crippen LogP contribution in [0.15, 0.2) is 41.8 Å². The van der Waals surface area contributed by atoms with E-state index in [1.807, 2.05) is 11.4 Å². The summed E-state index contributed by atoms with van der Waals surface area (Å²) in [7, 11) is 0. The molecule has 0 radical (unpaired) electrons. The molecule has 2 aromatic rings. The van der Waals surface area contributed by atoms with Gasteiger partial charge in [-0.1, -0.05) is 25.3 Å². The van der Waals surface area contributed by atoms with Crippen LogP contribution < -0.4 is 10.1 Å². The molecule has 23 heavy (non-hydrogen) atoms. The Bertz CT molecular complexity index is 658. The third-order valence-electron chi connectivity index (χ3n) is 4.01. The summed E-state index contributed by atoms with van der Waals surface area (Å²) in [6, 6.07) is 10.5. The molecule has 1 fully saturated rings. The highest BCUT2D eigenvalue weighted by molar-refractivity contribution is 7.12. The third kappa shape index (κ3) is 4.20. The number of carbonyl (C=O) groups is 2. The zero-order valence-corrected chi connectivity index (χ0v) is 13.6. The molecule has 1 aliphatic rings. The van der Waals surface area contributed by atoms with Crippen LogP contribution in [0.4, 0.5) is 5.69 Å². The Kier molecular flexibility index (Phi) is 5.08. The zero-order chi connectivity index (χ0) is 16.1. The number of thiophene rings is 1. The van der Waals surface area contributed by atoms with Gasteiger partial charge in [0.2, 0.25) is 0 Å². The molecule has 0 unspecified atom stereocenters. The van der Waals surface area contributed by atoms with Crippen molar-refractivity contribution in [3.8, 4) is 5.75 Å². The molecule has 4 nitrogen and oxygen atoms in total. The average Bonchev–Trinajstić information content (AvgIpc) is 3.12. The Labute approximate surface area is 139 Å². The third-order valence-corrected chi connectivity index (χ3v) is 4.88. The molecule has 1 heterocycles. The van der Waals surface area contributed by atoms with Crippen LogP contribution in [0.3, 0.4) is 0 Å². The maximum absolute atomic E-state index is 12.1. The van der Waals surface area contributed by atoms with Gasteiger partial charge in [0, 0.05) is 5.69 Å². The molecule has 1 aromatic carbocycles. The van der Waals surface area contributed by atoms with Gasteiger partial charge in [-0.05, 0) is 48.6 Å². The van der Waals surface area contributed by atoms with Crippen molar-refractivity contribution in [3.63, 3.8) is 0 Å².